The molecule has 1 aliphatic heterocycles. The van der Waals surface area contributed by atoms with Crippen LogP contribution in [0.2, 0.25) is 0 Å². The van der Waals surface area contributed by atoms with E-state index in [-0.39, 0.29) is 12.0 Å². The van der Waals surface area contributed by atoms with E-state index < -0.39 is 0 Å². The minimum Gasteiger partial charge on any atom is -0.493 e. The lowest BCUT2D eigenvalue weighted by molar-refractivity contribution is 0.0792. The molecular weight excluding hydrogens is 404 g/mol. The first kappa shape index (κ1) is 24.1. The number of aliphatic hydroxyl groups excluding tert-OH is 1. The third kappa shape index (κ3) is 7.24. The highest BCUT2D eigenvalue weighted by Crippen LogP contribution is 2.28. The number of benzene rings is 2. The number of hydrogen-bond acceptors (Lipinski definition) is 5. The van der Waals surface area contributed by atoms with Crippen molar-refractivity contribution in [1.29, 1.82) is 0 Å². The summed E-state index contributed by atoms with van der Waals surface area (Å²) in [6, 6.07) is 13.6. The van der Waals surface area contributed by atoms with Gasteiger partial charge in [0.1, 0.15) is 0 Å². The number of rotatable bonds is 10. The zero-order chi connectivity index (χ0) is 22.9. The first-order valence-corrected chi connectivity index (χ1v) is 11.5. The van der Waals surface area contributed by atoms with Gasteiger partial charge in [-0.15, -0.1) is 0 Å². The van der Waals surface area contributed by atoms with Crippen LogP contribution in [0.15, 0.2) is 42.5 Å². The van der Waals surface area contributed by atoms with Gasteiger partial charge < -0.3 is 19.9 Å². The number of nitrogens with zero attached hydrogens (tertiary/aromatic N) is 1. The second kappa shape index (κ2) is 11.9. The Labute approximate surface area is 191 Å². The smallest absolute Gasteiger partial charge is 0.251 e. The molecule has 0 saturated carbocycles. The topological polar surface area (TPSA) is 71.0 Å². The molecule has 2 aromatic rings. The maximum atomic E-state index is 12.6. The summed E-state index contributed by atoms with van der Waals surface area (Å²) in [7, 11) is 1.58. The lowest BCUT2D eigenvalue weighted by Crippen LogP contribution is -2.35. The lowest BCUT2D eigenvalue weighted by atomic mass is 10.1. The molecule has 0 spiro atoms. The average Bonchev–Trinajstić information content (AvgIpc) is 2.80. The van der Waals surface area contributed by atoms with Crippen LogP contribution in [0, 0.1) is 5.92 Å². The number of ether oxygens (including phenoxy) is 2. The quantitative estimate of drug-likeness (QED) is 0.584. The molecule has 32 heavy (non-hydrogen) atoms. The number of likely N-dealkylation sites (tertiary alicyclic amines) is 1. The molecule has 2 aromatic carbocycles. The van der Waals surface area contributed by atoms with E-state index in [2.05, 4.69) is 48.3 Å². The highest BCUT2D eigenvalue weighted by Gasteiger charge is 2.17. The number of carbonyl (C=O) groups is 1. The number of carbonyl (C=O) groups excluding carboxylic acids is 1. The van der Waals surface area contributed by atoms with Gasteiger partial charge in [0.15, 0.2) is 11.5 Å². The van der Waals surface area contributed by atoms with Crippen molar-refractivity contribution < 1.29 is 19.4 Å². The van der Waals surface area contributed by atoms with Gasteiger partial charge in [0.05, 0.1) is 19.8 Å². The standard InChI is InChI=1S/C26H36N2O4/c1-19(2)12-15-32-24-9-8-22(16-25(24)31-3)26(30)27-17-20-4-6-21(7-5-20)18-28-13-10-23(29)11-14-28/h4-9,16,19,23,29H,10-15,17-18H2,1-3H3,(H,27,30). The second-order valence-electron chi connectivity index (χ2n) is 8.90. The van der Waals surface area contributed by atoms with Crippen LogP contribution in [0.1, 0.15) is 54.6 Å². The molecule has 6 nitrogen and oxygen atoms in total. The van der Waals surface area contributed by atoms with Crippen molar-refractivity contribution in [3.8, 4) is 11.5 Å². The Morgan fingerprint density at radius 3 is 2.44 bits per heavy atom. The van der Waals surface area contributed by atoms with Crippen LogP contribution in [0.25, 0.3) is 0 Å². The van der Waals surface area contributed by atoms with Gasteiger partial charge in [0.2, 0.25) is 0 Å². The second-order valence-corrected chi connectivity index (χ2v) is 8.90. The summed E-state index contributed by atoms with van der Waals surface area (Å²) in [6.45, 7) is 8.16. The fourth-order valence-electron chi connectivity index (χ4n) is 3.72. The van der Waals surface area contributed by atoms with Crippen molar-refractivity contribution in [3.05, 3.63) is 59.2 Å². The van der Waals surface area contributed by atoms with Crippen LogP contribution in [0.5, 0.6) is 11.5 Å². The van der Waals surface area contributed by atoms with Gasteiger partial charge in [0.25, 0.3) is 5.91 Å². The summed E-state index contributed by atoms with van der Waals surface area (Å²) in [6.07, 6.45) is 2.51. The van der Waals surface area contributed by atoms with Gasteiger partial charge in [-0.3, -0.25) is 9.69 Å². The molecule has 3 rings (SSSR count). The lowest BCUT2D eigenvalue weighted by Gasteiger charge is -2.29. The normalized spacial score (nSPS) is 15.0. The van der Waals surface area contributed by atoms with Crippen LogP contribution < -0.4 is 14.8 Å². The monoisotopic (exact) mass is 440 g/mol. The molecule has 1 aliphatic rings. The van der Waals surface area contributed by atoms with Crippen molar-refractivity contribution in [2.45, 2.75) is 52.3 Å². The molecule has 0 aromatic heterocycles. The van der Waals surface area contributed by atoms with E-state index in [1.165, 1.54) is 5.56 Å². The number of piperidine rings is 1. The number of nitrogens with one attached hydrogen (secondary N) is 1. The van der Waals surface area contributed by atoms with Crippen LogP contribution >= 0.6 is 0 Å². The van der Waals surface area contributed by atoms with Gasteiger partial charge in [-0.2, -0.15) is 0 Å². The minimum atomic E-state index is -0.147. The molecular formula is C26H36N2O4. The maximum Gasteiger partial charge on any atom is 0.251 e. The van der Waals surface area contributed by atoms with E-state index in [9.17, 15) is 9.90 Å². The van der Waals surface area contributed by atoms with Gasteiger partial charge in [-0.25, -0.2) is 0 Å². The summed E-state index contributed by atoms with van der Waals surface area (Å²) in [4.78, 5) is 15.0. The summed E-state index contributed by atoms with van der Waals surface area (Å²) in [5, 5.41) is 12.6. The maximum absolute atomic E-state index is 12.6. The van der Waals surface area contributed by atoms with Crippen molar-refractivity contribution in [2.24, 2.45) is 5.92 Å². The van der Waals surface area contributed by atoms with Gasteiger partial charge >= 0.3 is 0 Å². The molecule has 1 saturated heterocycles. The van der Waals surface area contributed by atoms with Crippen molar-refractivity contribution in [1.82, 2.24) is 10.2 Å². The third-order valence-corrected chi connectivity index (χ3v) is 5.82. The molecule has 0 bridgehead atoms. The molecule has 1 heterocycles. The van der Waals surface area contributed by atoms with E-state index in [0.717, 1.165) is 44.5 Å². The molecule has 1 fully saturated rings. The fraction of sp³-hybridized carbons (Fsp3) is 0.500. The molecule has 0 atom stereocenters. The molecule has 6 heteroatoms. The molecule has 174 valence electrons. The predicted octanol–water partition coefficient (Wildman–Crippen LogP) is 4.01. The fourth-order valence-corrected chi connectivity index (χ4v) is 3.72. The zero-order valence-electron chi connectivity index (χ0n) is 19.5. The largest absolute Gasteiger partial charge is 0.493 e. The summed E-state index contributed by atoms with van der Waals surface area (Å²) < 4.78 is 11.2. The Morgan fingerprint density at radius 1 is 1.09 bits per heavy atom. The highest BCUT2D eigenvalue weighted by molar-refractivity contribution is 5.94. The van der Waals surface area contributed by atoms with E-state index >= 15 is 0 Å². The molecule has 0 radical (unpaired) electrons. The summed E-state index contributed by atoms with van der Waals surface area (Å²) in [5.41, 5.74) is 2.84. The summed E-state index contributed by atoms with van der Waals surface area (Å²) in [5.74, 6) is 1.64. The molecule has 2 N–H and O–H groups in total. The Morgan fingerprint density at radius 2 is 1.78 bits per heavy atom. The number of amides is 1. The van der Waals surface area contributed by atoms with Crippen molar-refractivity contribution in [3.63, 3.8) is 0 Å². The Kier molecular flexibility index (Phi) is 8.94. The number of methoxy groups -OCH3 is 1. The minimum absolute atomic E-state index is 0.145. The summed E-state index contributed by atoms with van der Waals surface area (Å²) >= 11 is 0. The molecule has 0 unspecified atom stereocenters. The van der Waals surface area contributed by atoms with Crippen molar-refractivity contribution in [2.75, 3.05) is 26.8 Å². The molecule has 1 amide bonds. The average molecular weight is 441 g/mol. The first-order valence-electron chi connectivity index (χ1n) is 11.5. The van der Waals surface area contributed by atoms with E-state index in [0.29, 0.717) is 36.1 Å². The third-order valence-electron chi connectivity index (χ3n) is 5.82. The van der Waals surface area contributed by atoms with Gasteiger partial charge in [-0.05, 0) is 54.5 Å². The van der Waals surface area contributed by atoms with E-state index in [1.807, 2.05) is 0 Å². The SMILES string of the molecule is COc1cc(C(=O)NCc2ccc(CN3CCC(O)CC3)cc2)ccc1OCCC(C)C. The van der Waals surface area contributed by atoms with Gasteiger partial charge in [-0.1, -0.05) is 38.1 Å². The zero-order valence-corrected chi connectivity index (χ0v) is 19.5. The van der Waals surface area contributed by atoms with Crippen LogP contribution in [0.3, 0.4) is 0 Å². The van der Waals surface area contributed by atoms with Crippen LogP contribution in [-0.2, 0) is 13.1 Å². The Bertz CT molecular complexity index is 859. The number of aliphatic hydroxyl groups is 1. The van der Waals surface area contributed by atoms with E-state index in [1.54, 1.807) is 25.3 Å². The molecule has 0 aliphatic carbocycles. The van der Waals surface area contributed by atoms with E-state index in [4.69, 9.17) is 9.47 Å². The first-order chi connectivity index (χ1) is 15.4. The van der Waals surface area contributed by atoms with Crippen molar-refractivity contribution >= 4 is 5.91 Å². The van der Waals surface area contributed by atoms with Gasteiger partial charge in [0, 0.05) is 31.7 Å². The van der Waals surface area contributed by atoms with Crippen LogP contribution in [0.4, 0.5) is 0 Å². The van der Waals surface area contributed by atoms with Crippen LogP contribution in [-0.4, -0.2) is 48.8 Å². The number of hydrogen-bond donors (Lipinski definition) is 2. The Balaban J connectivity index is 1.50. The highest BCUT2D eigenvalue weighted by atomic mass is 16.5. The Hall–Kier alpha value is -2.57. The predicted molar refractivity (Wildman–Crippen MR) is 126 cm³/mol.